The Labute approximate surface area is 139 Å². The van der Waals surface area contributed by atoms with Gasteiger partial charge in [-0.2, -0.15) is 0 Å². The number of aromatic nitrogens is 1. The van der Waals surface area contributed by atoms with E-state index < -0.39 is 0 Å². The van der Waals surface area contributed by atoms with Gasteiger partial charge in [-0.25, -0.2) is 0 Å². The van der Waals surface area contributed by atoms with Crippen LogP contribution in [0.15, 0.2) is 18.2 Å². The van der Waals surface area contributed by atoms with Crippen LogP contribution in [0.1, 0.15) is 30.7 Å². The van der Waals surface area contributed by atoms with E-state index in [4.69, 9.17) is 0 Å². The number of carbonyl (C=O) groups excluding carboxylic acids is 1. The van der Waals surface area contributed by atoms with Gasteiger partial charge in [0.1, 0.15) is 0 Å². The molecule has 0 radical (unpaired) electrons. The van der Waals surface area contributed by atoms with Crippen molar-refractivity contribution in [1.82, 2.24) is 19.7 Å². The molecule has 0 aliphatic carbocycles. The van der Waals surface area contributed by atoms with Crippen molar-refractivity contribution in [2.24, 2.45) is 0 Å². The lowest BCUT2D eigenvalue weighted by molar-refractivity contribution is -0.137. The van der Waals surface area contributed by atoms with Gasteiger partial charge in [0, 0.05) is 51.5 Å². The standard InChI is InChI=1S/C18H28N4O/c1-15-5-4-6-16(19-15)13-21-10-7-18(8-11-21)9-12-22(18)14-17(23)20(2)3/h4-6H,7-14H2,1-3H3. The normalized spacial score (nSPS) is 21.2. The van der Waals surface area contributed by atoms with Crippen molar-refractivity contribution in [3.63, 3.8) is 0 Å². The Morgan fingerprint density at radius 2 is 1.91 bits per heavy atom. The van der Waals surface area contributed by atoms with Crippen molar-refractivity contribution in [3.05, 3.63) is 29.6 Å². The highest BCUT2D eigenvalue weighted by Crippen LogP contribution is 2.39. The van der Waals surface area contributed by atoms with Gasteiger partial charge in [-0.05, 0) is 38.3 Å². The molecule has 5 nitrogen and oxygen atoms in total. The number of rotatable bonds is 4. The van der Waals surface area contributed by atoms with Crippen molar-refractivity contribution in [1.29, 1.82) is 0 Å². The second-order valence-electron chi connectivity index (χ2n) is 7.23. The van der Waals surface area contributed by atoms with Crippen LogP contribution in [0.3, 0.4) is 0 Å². The number of hydrogen-bond donors (Lipinski definition) is 0. The van der Waals surface area contributed by atoms with Crippen molar-refractivity contribution in [2.75, 3.05) is 40.3 Å². The molecule has 1 amide bonds. The minimum absolute atomic E-state index is 0.218. The zero-order chi connectivity index (χ0) is 16.4. The maximum Gasteiger partial charge on any atom is 0.236 e. The van der Waals surface area contributed by atoms with E-state index in [0.717, 1.165) is 37.6 Å². The third kappa shape index (κ3) is 3.56. The van der Waals surface area contributed by atoms with Crippen LogP contribution in [0, 0.1) is 6.92 Å². The Balaban J connectivity index is 1.53. The molecule has 3 heterocycles. The minimum Gasteiger partial charge on any atom is -0.348 e. The lowest BCUT2D eigenvalue weighted by atomic mass is 9.76. The zero-order valence-electron chi connectivity index (χ0n) is 14.6. The summed E-state index contributed by atoms with van der Waals surface area (Å²) in [7, 11) is 3.68. The number of carbonyl (C=O) groups is 1. The minimum atomic E-state index is 0.218. The quantitative estimate of drug-likeness (QED) is 0.844. The number of piperidine rings is 1. The molecule has 0 saturated carbocycles. The van der Waals surface area contributed by atoms with Gasteiger partial charge in [0.2, 0.25) is 5.91 Å². The van der Waals surface area contributed by atoms with Crippen LogP contribution in [0.25, 0.3) is 0 Å². The maximum atomic E-state index is 12.0. The fourth-order valence-corrected chi connectivity index (χ4v) is 3.75. The second kappa shape index (κ2) is 6.57. The van der Waals surface area contributed by atoms with Crippen molar-refractivity contribution in [3.8, 4) is 0 Å². The molecule has 23 heavy (non-hydrogen) atoms. The van der Waals surface area contributed by atoms with Crippen molar-refractivity contribution in [2.45, 2.75) is 38.3 Å². The Kier molecular flexibility index (Phi) is 4.69. The molecule has 126 valence electrons. The van der Waals surface area contributed by atoms with Gasteiger partial charge >= 0.3 is 0 Å². The first-order valence-electron chi connectivity index (χ1n) is 8.59. The van der Waals surface area contributed by atoms with E-state index in [1.54, 1.807) is 4.90 Å². The van der Waals surface area contributed by atoms with E-state index in [9.17, 15) is 4.79 Å². The monoisotopic (exact) mass is 316 g/mol. The van der Waals surface area contributed by atoms with Crippen molar-refractivity contribution >= 4 is 5.91 Å². The van der Waals surface area contributed by atoms with Crippen LogP contribution in [0.4, 0.5) is 0 Å². The first kappa shape index (κ1) is 16.4. The fourth-order valence-electron chi connectivity index (χ4n) is 3.75. The molecule has 2 aliphatic rings. The summed E-state index contributed by atoms with van der Waals surface area (Å²) in [6, 6.07) is 6.25. The number of aryl methyl sites for hydroxylation is 1. The van der Waals surface area contributed by atoms with Gasteiger partial charge in [-0.15, -0.1) is 0 Å². The SMILES string of the molecule is Cc1cccc(CN2CCC3(CC2)CCN3CC(=O)N(C)C)n1. The summed E-state index contributed by atoms with van der Waals surface area (Å²) in [5, 5.41) is 0. The maximum absolute atomic E-state index is 12.0. The summed E-state index contributed by atoms with van der Waals surface area (Å²) >= 11 is 0. The first-order chi connectivity index (χ1) is 11.0. The number of likely N-dealkylation sites (tertiary alicyclic amines) is 2. The Morgan fingerprint density at radius 3 is 2.48 bits per heavy atom. The summed E-state index contributed by atoms with van der Waals surface area (Å²) in [6.07, 6.45) is 3.57. The molecule has 0 unspecified atom stereocenters. The molecule has 0 bridgehead atoms. The summed E-state index contributed by atoms with van der Waals surface area (Å²) in [6.45, 7) is 6.83. The molecule has 1 aromatic heterocycles. The highest BCUT2D eigenvalue weighted by molar-refractivity contribution is 5.77. The van der Waals surface area contributed by atoms with E-state index in [1.165, 1.54) is 19.3 Å². The molecule has 1 spiro atoms. The van der Waals surface area contributed by atoms with Crippen LogP contribution in [0.5, 0.6) is 0 Å². The van der Waals surface area contributed by atoms with Gasteiger partial charge in [-0.3, -0.25) is 19.6 Å². The average molecular weight is 316 g/mol. The predicted molar refractivity (Wildman–Crippen MR) is 91.1 cm³/mol. The van der Waals surface area contributed by atoms with E-state index in [1.807, 2.05) is 27.1 Å². The first-order valence-corrected chi connectivity index (χ1v) is 8.59. The van der Waals surface area contributed by atoms with Gasteiger partial charge in [0.15, 0.2) is 0 Å². The topological polar surface area (TPSA) is 39.7 Å². The van der Waals surface area contributed by atoms with Gasteiger partial charge in [0.05, 0.1) is 12.2 Å². The van der Waals surface area contributed by atoms with E-state index in [-0.39, 0.29) is 11.4 Å². The number of likely N-dealkylation sites (N-methyl/N-ethyl adjacent to an activating group) is 1. The average Bonchev–Trinajstić information content (AvgIpc) is 2.52. The largest absolute Gasteiger partial charge is 0.348 e. The van der Waals surface area contributed by atoms with Crippen LogP contribution in [-0.2, 0) is 11.3 Å². The third-order valence-corrected chi connectivity index (χ3v) is 5.46. The molecular formula is C18H28N4O. The Morgan fingerprint density at radius 1 is 1.22 bits per heavy atom. The summed E-state index contributed by atoms with van der Waals surface area (Å²) in [5.41, 5.74) is 2.53. The molecule has 0 aromatic carbocycles. The predicted octanol–water partition coefficient (Wildman–Crippen LogP) is 1.52. The lowest BCUT2D eigenvalue weighted by Gasteiger charge is -2.56. The van der Waals surface area contributed by atoms with Crippen molar-refractivity contribution < 1.29 is 4.79 Å². The zero-order valence-corrected chi connectivity index (χ0v) is 14.6. The number of amides is 1. The van der Waals surface area contributed by atoms with Gasteiger partial charge in [-0.1, -0.05) is 6.07 Å². The lowest BCUT2D eigenvalue weighted by Crippen LogP contribution is -2.65. The summed E-state index contributed by atoms with van der Waals surface area (Å²) < 4.78 is 0. The van der Waals surface area contributed by atoms with Gasteiger partial charge < -0.3 is 4.90 Å². The molecule has 5 heteroatoms. The smallest absolute Gasteiger partial charge is 0.236 e. The molecular weight excluding hydrogens is 288 g/mol. The fraction of sp³-hybridized carbons (Fsp3) is 0.667. The molecule has 3 rings (SSSR count). The Bertz CT molecular complexity index is 564. The van der Waals surface area contributed by atoms with E-state index >= 15 is 0 Å². The molecule has 0 atom stereocenters. The molecule has 2 aliphatic heterocycles. The van der Waals surface area contributed by atoms with E-state index in [2.05, 4.69) is 26.9 Å². The molecule has 1 aromatic rings. The molecule has 0 N–H and O–H groups in total. The highest BCUT2D eigenvalue weighted by Gasteiger charge is 2.46. The van der Waals surface area contributed by atoms with Crippen LogP contribution in [-0.4, -0.2) is 71.4 Å². The number of nitrogens with zero attached hydrogens (tertiary/aromatic N) is 4. The van der Waals surface area contributed by atoms with E-state index in [0.29, 0.717) is 6.54 Å². The third-order valence-electron chi connectivity index (χ3n) is 5.46. The highest BCUT2D eigenvalue weighted by atomic mass is 16.2. The second-order valence-corrected chi connectivity index (χ2v) is 7.23. The Hall–Kier alpha value is -1.46. The van der Waals surface area contributed by atoms with Gasteiger partial charge in [0.25, 0.3) is 0 Å². The van der Waals surface area contributed by atoms with Crippen LogP contribution < -0.4 is 0 Å². The number of hydrogen-bond acceptors (Lipinski definition) is 4. The van der Waals surface area contributed by atoms with Crippen LogP contribution in [0.2, 0.25) is 0 Å². The molecule has 2 fully saturated rings. The van der Waals surface area contributed by atoms with Crippen LogP contribution >= 0.6 is 0 Å². The summed E-state index contributed by atoms with van der Waals surface area (Å²) in [4.78, 5) is 23.2. The molecule has 2 saturated heterocycles. The summed E-state index contributed by atoms with van der Waals surface area (Å²) in [5.74, 6) is 0.218. The number of pyridine rings is 1.